The number of nitrogens with one attached hydrogen (secondary N) is 1. The maximum atomic E-state index is 12.7. The van der Waals surface area contributed by atoms with Crippen molar-refractivity contribution in [1.82, 2.24) is 19.3 Å². The highest BCUT2D eigenvalue weighted by atomic mass is 79.9. The molecule has 0 saturated carbocycles. The van der Waals surface area contributed by atoms with Crippen molar-refractivity contribution in [2.45, 2.75) is 46.2 Å². The Morgan fingerprint density at radius 2 is 2.04 bits per heavy atom. The average molecular weight is 432 g/mol. The topological polar surface area (TPSA) is 81.8 Å². The van der Waals surface area contributed by atoms with E-state index in [1.165, 1.54) is 17.1 Å². The van der Waals surface area contributed by atoms with Crippen LogP contribution in [0, 0.1) is 6.92 Å². The minimum absolute atomic E-state index is 0.158. The number of aromatic nitrogens is 4. The number of amides is 1. The number of aryl methyl sites for hydroxylation is 2. The van der Waals surface area contributed by atoms with Gasteiger partial charge in [0.15, 0.2) is 5.65 Å². The fourth-order valence-electron chi connectivity index (χ4n) is 2.77. The standard InChI is InChI=1S/C19H22BrN5O2/c1-12-9-13(5-6-15(12)20)23-16(26)7-8-24-11-21-17-14(18(24)27)10-22-25(17)19(2,3)4/h5-6,9-11H,7-8H2,1-4H3,(H,23,26). The Bertz CT molecular complexity index is 1060. The first kappa shape index (κ1) is 19.3. The minimum atomic E-state index is -0.268. The summed E-state index contributed by atoms with van der Waals surface area (Å²) in [7, 11) is 0. The van der Waals surface area contributed by atoms with E-state index in [2.05, 4.69) is 31.3 Å². The second kappa shape index (κ2) is 7.26. The minimum Gasteiger partial charge on any atom is -0.326 e. The molecule has 0 aliphatic carbocycles. The lowest BCUT2D eigenvalue weighted by Gasteiger charge is -2.19. The molecule has 1 N–H and O–H groups in total. The number of carbonyl (C=O) groups excluding carboxylic acids is 1. The summed E-state index contributed by atoms with van der Waals surface area (Å²) in [5.41, 5.74) is 1.86. The number of carbonyl (C=O) groups is 1. The summed E-state index contributed by atoms with van der Waals surface area (Å²) in [5, 5.41) is 7.60. The van der Waals surface area contributed by atoms with Crippen LogP contribution >= 0.6 is 15.9 Å². The summed E-state index contributed by atoms with van der Waals surface area (Å²) in [6.45, 7) is 8.21. The summed E-state index contributed by atoms with van der Waals surface area (Å²) in [6, 6.07) is 5.61. The molecule has 0 aliphatic heterocycles. The van der Waals surface area contributed by atoms with E-state index in [-0.39, 0.29) is 30.0 Å². The lowest BCUT2D eigenvalue weighted by molar-refractivity contribution is -0.116. The smallest absolute Gasteiger partial charge is 0.264 e. The Balaban J connectivity index is 1.73. The van der Waals surface area contributed by atoms with Gasteiger partial charge in [-0.25, -0.2) is 9.67 Å². The van der Waals surface area contributed by atoms with E-state index in [4.69, 9.17) is 0 Å². The fourth-order valence-corrected chi connectivity index (χ4v) is 3.01. The van der Waals surface area contributed by atoms with Gasteiger partial charge >= 0.3 is 0 Å². The van der Waals surface area contributed by atoms with Gasteiger partial charge in [0, 0.05) is 23.1 Å². The zero-order chi connectivity index (χ0) is 19.8. The van der Waals surface area contributed by atoms with Crippen LogP contribution in [0.2, 0.25) is 0 Å². The summed E-state index contributed by atoms with van der Waals surface area (Å²) < 4.78 is 4.17. The van der Waals surface area contributed by atoms with Gasteiger partial charge in [0.05, 0.1) is 18.1 Å². The van der Waals surface area contributed by atoms with E-state index in [1.54, 1.807) is 4.68 Å². The van der Waals surface area contributed by atoms with Gasteiger partial charge in [-0.2, -0.15) is 5.10 Å². The maximum absolute atomic E-state index is 12.7. The Kier molecular flexibility index (Phi) is 5.19. The van der Waals surface area contributed by atoms with Crippen LogP contribution in [0.15, 0.2) is 40.0 Å². The van der Waals surface area contributed by atoms with Crippen LogP contribution in [0.25, 0.3) is 11.0 Å². The zero-order valence-electron chi connectivity index (χ0n) is 15.8. The third-order valence-electron chi connectivity index (χ3n) is 4.21. The molecule has 1 aromatic carbocycles. The fraction of sp³-hybridized carbons (Fsp3) is 0.368. The molecule has 142 valence electrons. The van der Waals surface area contributed by atoms with Crippen LogP contribution in [0.1, 0.15) is 32.8 Å². The molecule has 1 amide bonds. The Labute approximate surface area is 165 Å². The molecule has 3 rings (SSSR count). The van der Waals surface area contributed by atoms with Crippen LogP contribution in [-0.4, -0.2) is 25.2 Å². The van der Waals surface area contributed by atoms with Gasteiger partial charge in [0.1, 0.15) is 5.39 Å². The van der Waals surface area contributed by atoms with Crippen LogP contribution in [0.5, 0.6) is 0 Å². The van der Waals surface area contributed by atoms with Crippen molar-refractivity contribution in [3.63, 3.8) is 0 Å². The van der Waals surface area contributed by atoms with Crippen molar-refractivity contribution in [2.75, 3.05) is 5.32 Å². The predicted molar refractivity (Wildman–Crippen MR) is 109 cm³/mol. The molecule has 2 aromatic heterocycles. The van der Waals surface area contributed by atoms with Gasteiger partial charge in [-0.05, 0) is 51.5 Å². The molecule has 0 unspecified atom stereocenters. The molecule has 7 nitrogen and oxygen atoms in total. The lowest BCUT2D eigenvalue weighted by atomic mass is 10.1. The van der Waals surface area contributed by atoms with Crippen molar-refractivity contribution < 1.29 is 4.79 Å². The number of halogens is 1. The number of hydrogen-bond acceptors (Lipinski definition) is 4. The summed E-state index contributed by atoms with van der Waals surface area (Å²) in [4.78, 5) is 29.2. The van der Waals surface area contributed by atoms with Crippen molar-refractivity contribution >= 4 is 38.6 Å². The third-order valence-corrected chi connectivity index (χ3v) is 5.10. The summed E-state index contributed by atoms with van der Waals surface area (Å²) in [5.74, 6) is -0.158. The molecule has 0 radical (unpaired) electrons. The van der Waals surface area contributed by atoms with E-state index in [0.717, 1.165) is 15.7 Å². The van der Waals surface area contributed by atoms with E-state index in [1.807, 2.05) is 45.9 Å². The molecule has 8 heteroatoms. The molecular formula is C19H22BrN5O2. The van der Waals surface area contributed by atoms with E-state index in [0.29, 0.717) is 11.0 Å². The number of nitrogens with zero attached hydrogens (tertiary/aromatic N) is 4. The highest BCUT2D eigenvalue weighted by Crippen LogP contribution is 2.20. The largest absolute Gasteiger partial charge is 0.326 e. The molecule has 0 bridgehead atoms. The predicted octanol–water partition coefficient (Wildman–Crippen LogP) is 3.45. The zero-order valence-corrected chi connectivity index (χ0v) is 17.4. The first-order valence-electron chi connectivity index (χ1n) is 8.66. The first-order valence-corrected chi connectivity index (χ1v) is 9.46. The Morgan fingerprint density at radius 1 is 1.30 bits per heavy atom. The molecule has 0 aliphatic rings. The van der Waals surface area contributed by atoms with Crippen molar-refractivity contribution in [2.24, 2.45) is 0 Å². The number of hydrogen-bond donors (Lipinski definition) is 1. The SMILES string of the molecule is Cc1cc(NC(=O)CCn2cnc3c(cnn3C(C)(C)C)c2=O)ccc1Br. The molecule has 0 fully saturated rings. The number of rotatable bonds is 4. The summed E-state index contributed by atoms with van der Waals surface area (Å²) >= 11 is 3.43. The van der Waals surface area contributed by atoms with Gasteiger partial charge < -0.3 is 5.32 Å². The molecule has 2 heterocycles. The summed E-state index contributed by atoms with van der Waals surface area (Å²) in [6.07, 6.45) is 3.19. The highest BCUT2D eigenvalue weighted by Gasteiger charge is 2.19. The average Bonchev–Trinajstić information content (AvgIpc) is 3.03. The van der Waals surface area contributed by atoms with Crippen molar-refractivity contribution in [1.29, 1.82) is 0 Å². The quantitative estimate of drug-likeness (QED) is 0.685. The maximum Gasteiger partial charge on any atom is 0.264 e. The van der Waals surface area contributed by atoms with Gasteiger partial charge in [-0.15, -0.1) is 0 Å². The van der Waals surface area contributed by atoms with Crippen LogP contribution in [0.3, 0.4) is 0 Å². The second-order valence-corrected chi connectivity index (χ2v) is 8.32. The number of anilines is 1. The monoisotopic (exact) mass is 431 g/mol. The third kappa shape index (κ3) is 4.10. The van der Waals surface area contributed by atoms with Gasteiger partial charge in [0.2, 0.25) is 5.91 Å². The van der Waals surface area contributed by atoms with Gasteiger partial charge in [-0.3, -0.25) is 14.2 Å². The van der Waals surface area contributed by atoms with Crippen LogP contribution in [-0.2, 0) is 16.9 Å². The van der Waals surface area contributed by atoms with Crippen LogP contribution < -0.4 is 10.9 Å². The first-order chi connectivity index (χ1) is 12.7. The van der Waals surface area contributed by atoms with Gasteiger partial charge in [0.25, 0.3) is 5.56 Å². The molecular weight excluding hydrogens is 410 g/mol. The number of benzene rings is 1. The molecule has 3 aromatic rings. The molecule has 0 atom stereocenters. The van der Waals surface area contributed by atoms with E-state index in [9.17, 15) is 9.59 Å². The second-order valence-electron chi connectivity index (χ2n) is 7.47. The highest BCUT2D eigenvalue weighted by molar-refractivity contribution is 9.10. The Morgan fingerprint density at radius 3 is 2.70 bits per heavy atom. The van der Waals surface area contributed by atoms with Crippen molar-refractivity contribution in [3.8, 4) is 0 Å². The number of fused-ring (bicyclic) bond motifs is 1. The Hall–Kier alpha value is -2.48. The normalized spacial score (nSPS) is 11.7. The lowest BCUT2D eigenvalue weighted by Crippen LogP contribution is -2.26. The van der Waals surface area contributed by atoms with Crippen molar-refractivity contribution in [3.05, 3.63) is 51.1 Å². The molecule has 27 heavy (non-hydrogen) atoms. The molecule has 0 spiro atoms. The molecule has 0 saturated heterocycles. The van der Waals surface area contributed by atoms with Crippen LogP contribution in [0.4, 0.5) is 5.69 Å². The van der Waals surface area contributed by atoms with E-state index < -0.39 is 0 Å². The van der Waals surface area contributed by atoms with E-state index >= 15 is 0 Å². The van der Waals surface area contributed by atoms with Gasteiger partial charge in [-0.1, -0.05) is 15.9 Å².